The molecule has 0 unspecified atom stereocenters. The number of benzene rings is 4. The summed E-state index contributed by atoms with van der Waals surface area (Å²) >= 11 is 0. The zero-order valence-corrected chi connectivity index (χ0v) is 15.7. The molecular weight excluding hydrogens is 354 g/mol. The zero-order valence-electron chi connectivity index (χ0n) is 14.9. The Morgan fingerprint density at radius 2 is 1.30 bits per heavy atom. The van der Waals surface area contributed by atoms with Gasteiger partial charge in [-0.2, -0.15) is 0 Å². The highest BCUT2D eigenvalue weighted by atomic mass is 32.2. The minimum atomic E-state index is -3.59. The summed E-state index contributed by atoms with van der Waals surface area (Å²) in [6, 6.07) is 28.8. The molecule has 0 aliphatic carbocycles. The molecule has 4 heteroatoms. The molecule has 4 aromatic carbocycles. The fourth-order valence-corrected chi connectivity index (χ4v) is 4.09. The molecular formula is C23H19NO2S. The Kier molecular flexibility index (Phi) is 4.42. The van der Waals surface area contributed by atoms with Crippen LogP contribution in [-0.2, 0) is 10.0 Å². The first-order valence-corrected chi connectivity index (χ1v) is 10.2. The van der Waals surface area contributed by atoms with E-state index >= 15 is 0 Å². The van der Waals surface area contributed by atoms with Gasteiger partial charge in [0.05, 0.1) is 4.90 Å². The van der Waals surface area contributed by atoms with Crippen molar-refractivity contribution in [3.63, 3.8) is 0 Å². The second-order valence-corrected chi connectivity index (χ2v) is 8.24. The lowest BCUT2D eigenvalue weighted by Gasteiger charge is -2.10. The van der Waals surface area contributed by atoms with Gasteiger partial charge in [0.25, 0.3) is 10.0 Å². The Balaban J connectivity index is 1.58. The molecule has 0 saturated carbocycles. The van der Waals surface area contributed by atoms with Gasteiger partial charge in [-0.1, -0.05) is 66.2 Å². The van der Waals surface area contributed by atoms with E-state index in [1.165, 1.54) is 10.8 Å². The monoisotopic (exact) mass is 373 g/mol. The lowest BCUT2D eigenvalue weighted by molar-refractivity contribution is 0.601. The lowest BCUT2D eigenvalue weighted by Crippen LogP contribution is -2.12. The average Bonchev–Trinajstić information content (AvgIpc) is 2.68. The molecule has 0 aliphatic rings. The Bertz CT molecular complexity index is 1200. The van der Waals surface area contributed by atoms with Gasteiger partial charge in [-0.25, -0.2) is 8.42 Å². The molecule has 0 aromatic heterocycles. The average molecular weight is 373 g/mol. The second-order valence-electron chi connectivity index (χ2n) is 6.56. The fraction of sp³-hybridized carbons (Fsp3) is 0.0435. The van der Waals surface area contributed by atoms with Gasteiger partial charge in [-0.05, 0) is 59.2 Å². The highest BCUT2D eigenvalue weighted by molar-refractivity contribution is 7.92. The van der Waals surface area contributed by atoms with Crippen LogP contribution in [0.4, 0.5) is 5.69 Å². The maximum atomic E-state index is 12.5. The van der Waals surface area contributed by atoms with E-state index in [0.29, 0.717) is 5.69 Å². The van der Waals surface area contributed by atoms with E-state index in [0.717, 1.165) is 16.7 Å². The van der Waals surface area contributed by atoms with E-state index in [4.69, 9.17) is 0 Å². The van der Waals surface area contributed by atoms with Crippen LogP contribution in [0.2, 0.25) is 0 Å². The van der Waals surface area contributed by atoms with Gasteiger partial charge >= 0.3 is 0 Å². The molecule has 4 rings (SSSR count). The molecule has 0 amide bonds. The normalized spacial score (nSPS) is 11.4. The predicted octanol–water partition coefficient (Wildman–Crippen LogP) is 5.62. The summed E-state index contributed by atoms with van der Waals surface area (Å²) in [5, 5.41) is 2.38. The van der Waals surface area contributed by atoms with E-state index in [-0.39, 0.29) is 4.90 Å². The van der Waals surface area contributed by atoms with Crippen molar-refractivity contribution in [1.82, 2.24) is 0 Å². The first-order chi connectivity index (χ1) is 13.0. The highest BCUT2D eigenvalue weighted by Gasteiger charge is 2.13. The molecule has 0 aliphatic heterocycles. The number of nitrogens with one attached hydrogen (secondary N) is 1. The van der Waals surface area contributed by atoms with Crippen LogP contribution in [0.1, 0.15) is 5.56 Å². The Morgan fingerprint density at radius 3 is 2.00 bits per heavy atom. The number of rotatable bonds is 4. The number of fused-ring (bicyclic) bond motifs is 1. The van der Waals surface area contributed by atoms with Crippen molar-refractivity contribution in [1.29, 1.82) is 0 Å². The van der Waals surface area contributed by atoms with Crippen LogP contribution in [-0.4, -0.2) is 8.42 Å². The number of sulfonamides is 1. The molecule has 0 radical (unpaired) electrons. The van der Waals surface area contributed by atoms with Gasteiger partial charge in [-0.15, -0.1) is 0 Å². The van der Waals surface area contributed by atoms with E-state index in [1.807, 2.05) is 31.2 Å². The van der Waals surface area contributed by atoms with Crippen molar-refractivity contribution < 1.29 is 8.42 Å². The predicted molar refractivity (Wildman–Crippen MR) is 111 cm³/mol. The summed E-state index contributed by atoms with van der Waals surface area (Å²) in [6.45, 7) is 1.93. The van der Waals surface area contributed by atoms with Crippen molar-refractivity contribution in [3.05, 3.63) is 96.6 Å². The molecule has 4 aromatic rings. The van der Waals surface area contributed by atoms with Crippen LogP contribution in [0.25, 0.3) is 21.9 Å². The number of hydrogen-bond acceptors (Lipinski definition) is 2. The summed E-state index contributed by atoms with van der Waals surface area (Å²) < 4.78 is 27.6. The molecule has 0 spiro atoms. The number of aryl methyl sites for hydroxylation is 1. The third-order valence-electron chi connectivity index (χ3n) is 4.55. The van der Waals surface area contributed by atoms with Crippen LogP contribution in [0.3, 0.4) is 0 Å². The summed E-state index contributed by atoms with van der Waals surface area (Å²) in [5.41, 5.74) is 3.70. The summed E-state index contributed by atoms with van der Waals surface area (Å²) in [4.78, 5) is 0.256. The summed E-state index contributed by atoms with van der Waals surface area (Å²) in [6.07, 6.45) is 0. The van der Waals surface area contributed by atoms with Crippen LogP contribution < -0.4 is 4.72 Å². The Labute approximate surface area is 159 Å². The quantitative estimate of drug-likeness (QED) is 0.505. The Morgan fingerprint density at radius 1 is 0.667 bits per heavy atom. The molecule has 0 saturated heterocycles. The molecule has 0 fully saturated rings. The van der Waals surface area contributed by atoms with Crippen molar-refractivity contribution in [3.8, 4) is 11.1 Å². The van der Waals surface area contributed by atoms with E-state index in [9.17, 15) is 8.42 Å². The van der Waals surface area contributed by atoms with Gasteiger partial charge < -0.3 is 0 Å². The van der Waals surface area contributed by atoms with Crippen LogP contribution in [0, 0.1) is 6.92 Å². The highest BCUT2D eigenvalue weighted by Crippen LogP contribution is 2.26. The van der Waals surface area contributed by atoms with Crippen molar-refractivity contribution in [2.24, 2.45) is 0 Å². The minimum Gasteiger partial charge on any atom is -0.280 e. The molecule has 0 heterocycles. The van der Waals surface area contributed by atoms with Crippen molar-refractivity contribution >= 4 is 26.5 Å². The molecule has 0 atom stereocenters. The molecule has 1 N–H and O–H groups in total. The van der Waals surface area contributed by atoms with Crippen molar-refractivity contribution in [2.45, 2.75) is 11.8 Å². The van der Waals surface area contributed by atoms with Gasteiger partial charge in [0, 0.05) is 5.69 Å². The third-order valence-corrected chi connectivity index (χ3v) is 5.95. The van der Waals surface area contributed by atoms with E-state index < -0.39 is 10.0 Å². The Hall–Kier alpha value is -3.11. The van der Waals surface area contributed by atoms with Gasteiger partial charge in [-0.3, -0.25) is 4.72 Å². The van der Waals surface area contributed by atoms with Gasteiger partial charge in [0.2, 0.25) is 0 Å². The van der Waals surface area contributed by atoms with Gasteiger partial charge in [0.1, 0.15) is 0 Å². The van der Waals surface area contributed by atoms with E-state index in [1.54, 1.807) is 36.4 Å². The first kappa shape index (κ1) is 17.3. The second kappa shape index (κ2) is 6.89. The zero-order chi connectivity index (χ0) is 18.9. The third kappa shape index (κ3) is 3.71. The smallest absolute Gasteiger partial charge is 0.261 e. The topological polar surface area (TPSA) is 46.2 Å². The lowest BCUT2D eigenvalue weighted by atomic mass is 10.0. The minimum absolute atomic E-state index is 0.256. The van der Waals surface area contributed by atoms with Crippen LogP contribution in [0.5, 0.6) is 0 Å². The summed E-state index contributed by atoms with van der Waals surface area (Å²) in [5.74, 6) is 0. The maximum Gasteiger partial charge on any atom is 0.261 e. The maximum absolute atomic E-state index is 12.5. The number of anilines is 1. The largest absolute Gasteiger partial charge is 0.280 e. The SMILES string of the molecule is Cc1ccc(S(=O)(=O)Nc2ccc(-c3ccc4ccccc4c3)cc2)cc1. The molecule has 27 heavy (non-hydrogen) atoms. The van der Waals surface area contributed by atoms with Gasteiger partial charge in [0.15, 0.2) is 0 Å². The van der Waals surface area contributed by atoms with Crippen molar-refractivity contribution in [2.75, 3.05) is 4.72 Å². The summed E-state index contributed by atoms with van der Waals surface area (Å²) in [7, 11) is -3.59. The molecule has 134 valence electrons. The molecule has 3 nitrogen and oxygen atoms in total. The fourth-order valence-electron chi connectivity index (χ4n) is 3.03. The first-order valence-electron chi connectivity index (χ1n) is 8.70. The molecule has 0 bridgehead atoms. The standard InChI is InChI=1S/C23H19NO2S/c1-17-6-14-23(15-7-17)27(25,26)24-22-12-10-19(11-13-22)21-9-8-18-4-2-3-5-20(18)16-21/h2-16,24H,1H3. The van der Waals surface area contributed by atoms with Crippen LogP contribution >= 0.6 is 0 Å². The van der Waals surface area contributed by atoms with Crippen LogP contribution in [0.15, 0.2) is 95.9 Å². The number of hydrogen-bond donors (Lipinski definition) is 1. The van der Waals surface area contributed by atoms with E-state index in [2.05, 4.69) is 35.1 Å².